The van der Waals surface area contributed by atoms with Gasteiger partial charge in [-0.15, -0.1) is 5.10 Å². The lowest BCUT2D eigenvalue weighted by molar-refractivity contribution is -0.139. The van der Waals surface area contributed by atoms with Crippen LogP contribution in [0.15, 0.2) is 24.3 Å². The molecular formula is C15H17N3O4S. The number of carboxylic acid groups (broad SMARTS) is 1. The van der Waals surface area contributed by atoms with E-state index in [9.17, 15) is 9.59 Å². The van der Waals surface area contributed by atoms with Crippen molar-refractivity contribution in [3.63, 3.8) is 0 Å². The normalized spacial score (nSPS) is 10.3. The first-order valence-corrected chi connectivity index (χ1v) is 7.78. The van der Waals surface area contributed by atoms with E-state index in [2.05, 4.69) is 9.59 Å². The maximum absolute atomic E-state index is 12.4. The zero-order chi connectivity index (χ0) is 16.8. The Hall–Kier alpha value is -2.48. The summed E-state index contributed by atoms with van der Waals surface area (Å²) in [5.41, 5.74) is 1.63. The molecule has 0 fully saturated rings. The molecular weight excluding hydrogens is 318 g/mol. The summed E-state index contributed by atoms with van der Waals surface area (Å²) in [6.07, 6.45) is 0.668. The van der Waals surface area contributed by atoms with Crippen molar-refractivity contribution >= 4 is 23.4 Å². The molecule has 0 aliphatic heterocycles. The summed E-state index contributed by atoms with van der Waals surface area (Å²) in [5, 5.41) is 12.5. The van der Waals surface area contributed by atoms with Gasteiger partial charge in [-0.1, -0.05) is 23.5 Å². The van der Waals surface area contributed by atoms with Crippen molar-refractivity contribution in [3.8, 4) is 5.75 Å². The van der Waals surface area contributed by atoms with Gasteiger partial charge in [-0.2, -0.15) is 0 Å². The fraction of sp³-hybridized carbons (Fsp3) is 0.333. The molecule has 0 radical (unpaired) electrons. The van der Waals surface area contributed by atoms with E-state index in [1.807, 2.05) is 6.92 Å². The second-order valence-corrected chi connectivity index (χ2v) is 5.64. The third kappa shape index (κ3) is 4.49. The fourth-order valence-corrected chi connectivity index (χ4v) is 2.70. The summed E-state index contributed by atoms with van der Waals surface area (Å²) < 4.78 is 8.90. The molecule has 0 spiro atoms. The van der Waals surface area contributed by atoms with Gasteiger partial charge in [-0.3, -0.25) is 4.79 Å². The Labute approximate surface area is 137 Å². The summed E-state index contributed by atoms with van der Waals surface area (Å²) in [5.74, 6) is -0.655. The van der Waals surface area contributed by atoms with Crippen molar-refractivity contribution in [1.82, 2.24) is 14.5 Å². The molecule has 122 valence electrons. The summed E-state index contributed by atoms with van der Waals surface area (Å²) >= 11 is 1.10. The number of aromatic nitrogens is 2. The number of carboxylic acids is 1. The minimum atomic E-state index is -1.02. The Morgan fingerprint density at radius 3 is 2.61 bits per heavy atom. The van der Waals surface area contributed by atoms with Crippen LogP contribution < -0.4 is 4.74 Å². The fourth-order valence-electron chi connectivity index (χ4n) is 1.96. The average molecular weight is 335 g/mol. The number of aliphatic carboxylic acids is 1. The minimum absolute atomic E-state index is 0.108. The molecule has 0 saturated heterocycles. The third-order valence-corrected chi connectivity index (χ3v) is 3.89. The van der Waals surface area contributed by atoms with Crippen LogP contribution in [0, 0.1) is 0 Å². The van der Waals surface area contributed by atoms with Gasteiger partial charge < -0.3 is 14.7 Å². The second-order valence-electron chi connectivity index (χ2n) is 4.89. The minimum Gasteiger partial charge on any atom is -0.482 e. The van der Waals surface area contributed by atoms with Gasteiger partial charge in [-0.05, 0) is 35.6 Å². The van der Waals surface area contributed by atoms with E-state index in [1.165, 1.54) is 0 Å². The Morgan fingerprint density at radius 1 is 1.30 bits per heavy atom. The molecule has 1 amide bonds. The second kappa shape index (κ2) is 7.68. The molecule has 1 N–H and O–H groups in total. The topological polar surface area (TPSA) is 92.6 Å². The molecule has 1 aromatic carbocycles. The maximum Gasteiger partial charge on any atom is 0.341 e. The standard InChI is InChI=1S/C15H17N3O4S/c1-3-12-14(23-17-16-12)15(21)18(2)8-10-4-6-11(7-5-10)22-9-13(19)20/h4-7H,3,8-9H2,1-2H3,(H,19,20). The molecule has 0 aliphatic carbocycles. The van der Waals surface area contributed by atoms with Crippen LogP contribution in [0.5, 0.6) is 5.75 Å². The Morgan fingerprint density at radius 2 is 2.00 bits per heavy atom. The number of hydrogen-bond donors (Lipinski definition) is 1. The Kier molecular flexibility index (Phi) is 5.64. The van der Waals surface area contributed by atoms with E-state index in [-0.39, 0.29) is 12.5 Å². The van der Waals surface area contributed by atoms with E-state index in [0.717, 1.165) is 17.1 Å². The molecule has 0 bridgehead atoms. The summed E-state index contributed by atoms with van der Waals surface area (Å²) in [7, 11) is 1.72. The highest BCUT2D eigenvalue weighted by atomic mass is 32.1. The molecule has 0 saturated carbocycles. The number of benzene rings is 1. The molecule has 0 atom stereocenters. The third-order valence-electron chi connectivity index (χ3n) is 3.14. The molecule has 1 heterocycles. The molecule has 2 rings (SSSR count). The lowest BCUT2D eigenvalue weighted by Gasteiger charge is -2.16. The summed E-state index contributed by atoms with van der Waals surface area (Å²) in [6.45, 7) is 1.98. The van der Waals surface area contributed by atoms with Gasteiger partial charge in [-0.25, -0.2) is 4.79 Å². The van der Waals surface area contributed by atoms with Crippen molar-refractivity contribution in [3.05, 3.63) is 40.4 Å². The van der Waals surface area contributed by atoms with Crippen LogP contribution in [-0.2, 0) is 17.8 Å². The summed E-state index contributed by atoms with van der Waals surface area (Å²) in [6, 6.07) is 6.96. The van der Waals surface area contributed by atoms with E-state index >= 15 is 0 Å². The predicted molar refractivity (Wildman–Crippen MR) is 84.7 cm³/mol. The number of amides is 1. The van der Waals surface area contributed by atoms with Crippen LogP contribution in [0.25, 0.3) is 0 Å². The number of nitrogens with zero attached hydrogens (tertiary/aromatic N) is 3. The number of aryl methyl sites for hydroxylation is 1. The lowest BCUT2D eigenvalue weighted by atomic mass is 10.2. The smallest absolute Gasteiger partial charge is 0.341 e. The van der Waals surface area contributed by atoms with Crippen LogP contribution >= 0.6 is 11.5 Å². The summed E-state index contributed by atoms with van der Waals surface area (Å²) in [4.78, 5) is 25.0. The first-order chi connectivity index (χ1) is 11.0. The van der Waals surface area contributed by atoms with E-state index in [4.69, 9.17) is 9.84 Å². The zero-order valence-corrected chi connectivity index (χ0v) is 13.7. The van der Waals surface area contributed by atoms with Crippen LogP contribution in [-0.4, -0.2) is 45.1 Å². The van der Waals surface area contributed by atoms with Gasteiger partial charge in [0.1, 0.15) is 10.6 Å². The first-order valence-electron chi connectivity index (χ1n) is 7.01. The van der Waals surface area contributed by atoms with Crippen molar-refractivity contribution in [2.45, 2.75) is 19.9 Å². The van der Waals surface area contributed by atoms with E-state index in [1.54, 1.807) is 36.2 Å². The van der Waals surface area contributed by atoms with Crippen LogP contribution in [0.3, 0.4) is 0 Å². The number of ether oxygens (including phenoxy) is 1. The monoisotopic (exact) mass is 335 g/mol. The zero-order valence-electron chi connectivity index (χ0n) is 12.9. The molecule has 1 aromatic heterocycles. The molecule has 23 heavy (non-hydrogen) atoms. The van der Waals surface area contributed by atoms with E-state index < -0.39 is 5.97 Å². The van der Waals surface area contributed by atoms with Gasteiger partial charge in [0.05, 0.1) is 5.69 Å². The quantitative estimate of drug-likeness (QED) is 0.830. The SMILES string of the molecule is CCc1nnsc1C(=O)N(C)Cc1ccc(OCC(=O)O)cc1. The number of rotatable bonds is 7. The highest BCUT2D eigenvalue weighted by molar-refractivity contribution is 7.07. The van der Waals surface area contributed by atoms with E-state index in [0.29, 0.717) is 29.3 Å². The largest absolute Gasteiger partial charge is 0.482 e. The van der Waals surface area contributed by atoms with Crippen molar-refractivity contribution < 1.29 is 19.4 Å². The van der Waals surface area contributed by atoms with Gasteiger partial charge in [0.25, 0.3) is 5.91 Å². The Bertz CT molecular complexity index is 684. The molecule has 7 nitrogen and oxygen atoms in total. The first kappa shape index (κ1) is 16.9. The molecule has 8 heteroatoms. The van der Waals surface area contributed by atoms with Crippen LogP contribution in [0.2, 0.25) is 0 Å². The van der Waals surface area contributed by atoms with Gasteiger partial charge >= 0.3 is 5.97 Å². The van der Waals surface area contributed by atoms with Crippen LogP contribution in [0.4, 0.5) is 0 Å². The van der Waals surface area contributed by atoms with Gasteiger partial charge in [0, 0.05) is 13.6 Å². The number of carbonyl (C=O) groups excluding carboxylic acids is 1. The number of carbonyl (C=O) groups is 2. The van der Waals surface area contributed by atoms with Crippen molar-refractivity contribution in [2.24, 2.45) is 0 Å². The van der Waals surface area contributed by atoms with Crippen molar-refractivity contribution in [2.75, 3.05) is 13.7 Å². The molecule has 0 unspecified atom stereocenters. The highest BCUT2D eigenvalue weighted by Crippen LogP contribution is 2.17. The average Bonchev–Trinajstić information content (AvgIpc) is 3.01. The van der Waals surface area contributed by atoms with Crippen molar-refractivity contribution in [1.29, 1.82) is 0 Å². The Balaban J connectivity index is 1.98. The number of hydrogen-bond acceptors (Lipinski definition) is 6. The van der Waals surface area contributed by atoms with Crippen LogP contribution in [0.1, 0.15) is 27.9 Å². The maximum atomic E-state index is 12.4. The van der Waals surface area contributed by atoms with Gasteiger partial charge in [0.2, 0.25) is 0 Å². The molecule has 0 aliphatic rings. The molecule has 2 aromatic rings. The van der Waals surface area contributed by atoms with Gasteiger partial charge in [0.15, 0.2) is 6.61 Å². The predicted octanol–water partition coefficient (Wildman–Crippen LogP) is 1.84. The lowest BCUT2D eigenvalue weighted by Crippen LogP contribution is -2.26. The highest BCUT2D eigenvalue weighted by Gasteiger charge is 2.19.